The minimum Gasteiger partial charge on any atom is -0.340 e. The van der Waals surface area contributed by atoms with Crippen molar-refractivity contribution in [2.24, 2.45) is 7.05 Å². The molecule has 1 amide bonds. The number of aromatic nitrogens is 3. The molecule has 3 rings (SSSR count). The molecule has 1 saturated heterocycles. The van der Waals surface area contributed by atoms with Gasteiger partial charge >= 0.3 is 0 Å². The van der Waals surface area contributed by atoms with Gasteiger partial charge < -0.3 is 4.90 Å². The van der Waals surface area contributed by atoms with Crippen molar-refractivity contribution in [2.75, 3.05) is 26.2 Å². The van der Waals surface area contributed by atoms with Crippen molar-refractivity contribution in [3.63, 3.8) is 0 Å². The van der Waals surface area contributed by atoms with E-state index in [9.17, 15) is 4.79 Å². The zero-order valence-electron chi connectivity index (χ0n) is 14.9. The Kier molecular flexibility index (Phi) is 5.01. The molecule has 2 aromatic heterocycles. The lowest BCUT2D eigenvalue weighted by atomic mass is 10.1. The number of carbonyl (C=O) groups is 1. The standard InChI is InChI=1S/C17H25N5OS/c1-12-16(13(2)20(4)19-12)9-17(23)22-7-5-21(6-8-22)10-15-11-24-14(3)18-15/h11H,5-10H2,1-4H3. The van der Waals surface area contributed by atoms with Gasteiger partial charge in [0.1, 0.15) is 0 Å². The molecular formula is C17H25N5OS. The van der Waals surface area contributed by atoms with Crippen LogP contribution in [0.15, 0.2) is 5.38 Å². The van der Waals surface area contributed by atoms with Gasteiger partial charge in [0, 0.05) is 56.4 Å². The SMILES string of the molecule is Cc1nc(CN2CCN(C(=O)Cc3c(C)nn(C)c3C)CC2)cs1. The molecule has 130 valence electrons. The lowest BCUT2D eigenvalue weighted by Gasteiger charge is -2.34. The monoisotopic (exact) mass is 347 g/mol. The average molecular weight is 347 g/mol. The fourth-order valence-electron chi connectivity index (χ4n) is 3.20. The predicted molar refractivity (Wildman–Crippen MR) is 95.1 cm³/mol. The molecule has 0 unspecified atom stereocenters. The molecule has 1 aliphatic heterocycles. The van der Waals surface area contributed by atoms with E-state index in [1.54, 1.807) is 11.3 Å². The second kappa shape index (κ2) is 7.03. The molecule has 0 bridgehead atoms. The van der Waals surface area contributed by atoms with Gasteiger partial charge in [-0.3, -0.25) is 14.4 Å². The van der Waals surface area contributed by atoms with E-state index in [0.29, 0.717) is 6.42 Å². The summed E-state index contributed by atoms with van der Waals surface area (Å²) in [5.74, 6) is 0.207. The molecule has 2 aromatic rings. The van der Waals surface area contributed by atoms with Gasteiger partial charge in [0.15, 0.2) is 0 Å². The van der Waals surface area contributed by atoms with Crippen molar-refractivity contribution >= 4 is 17.2 Å². The van der Waals surface area contributed by atoms with Crippen molar-refractivity contribution in [2.45, 2.75) is 33.7 Å². The Balaban J connectivity index is 1.53. The van der Waals surface area contributed by atoms with Gasteiger partial charge in [-0.1, -0.05) is 0 Å². The molecule has 3 heterocycles. The van der Waals surface area contributed by atoms with Gasteiger partial charge in [0.25, 0.3) is 0 Å². The van der Waals surface area contributed by atoms with Crippen molar-refractivity contribution < 1.29 is 4.79 Å². The highest BCUT2D eigenvalue weighted by atomic mass is 32.1. The molecule has 0 atom stereocenters. The van der Waals surface area contributed by atoms with E-state index in [0.717, 1.165) is 60.4 Å². The average Bonchev–Trinajstić information content (AvgIpc) is 3.06. The first-order valence-corrected chi connectivity index (χ1v) is 9.22. The van der Waals surface area contributed by atoms with Crippen molar-refractivity contribution in [3.05, 3.63) is 33.0 Å². The highest BCUT2D eigenvalue weighted by Crippen LogP contribution is 2.16. The van der Waals surface area contributed by atoms with E-state index in [1.165, 1.54) is 0 Å². The zero-order valence-corrected chi connectivity index (χ0v) is 15.7. The maximum atomic E-state index is 12.6. The Morgan fingerprint density at radius 3 is 2.46 bits per heavy atom. The van der Waals surface area contributed by atoms with Crippen LogP contribution in [0.5, 0.6) is 0 Å². The van der Waals surface area contributed by atoms with E-state index in [1.807, 2.05) is 37.4 Å². The van der Waals surface area contributed by atoms with E-state index >= 15 is 0 Å². The first kappa shape index (κ1) is 17.1. The third-order valence-electron chi connectivity index (χ3n) is 4.76. The molecule has 0 radical (unpaired) electrons. The minimum atomic E-state index is 0.207. The van der Waals surface area contributed by atoms with E-state index in [4.69, 9.17) is 0 Å². The summed E-state index contributed by atoms with van der Waals surface area (Å²) in [7, 11) is 1.93. The summed E-state index contributed by atoms with van der Waals surface area (Å²) in [5.41, 5.74) is 4.25. The predicted octanol–water partition coefficient (Wildman–Crippen LogP) is 1.69. The van der Waals surface area contributed by atoms with Gasteiger partial charge in [-0.25, -0.2) is 4.98 Å². The van der Waals surface area contributed by atoms with Crippen LogP contribution >= 0.6 is 11.3 Å². The Morgan fingerprint density at radius 2 is 1.92 bits per heavy atom. The first-order chi connectivity index (χ1) is 11.4. The van der Waals surface area contributed by atoms with Crippen molar-refractivity contribution in [1.82, 2.24) is 24.6 Å². The highest BCUT2D eigenvalue weighted by molar-refractivity contribution is 7.09. The fraction of sp³-hybridized carbons (Fsp3) is 0.588. The Bertz CT molecular complexity index is 727. The summed E-state index contributed by atoms with van der Waals surface area (Å²) in [6.07, 6.45) is 0.455. The molecule has 0 spiro atoms. The molecule has 7 heteroatoms. The van der Waals surface area contributed by atoms with Crippen LogP contribution in [0.3, 0.4) is 0 Å². The molecule has 0 aliphatic carbocycles. The third kappa shape index (κ3) is 3.67. The van der Waals surface area contributed by atoms with Gasteiger partial charge in [0.05, 0.1) is 22.8 Å². The number of carbonyl (C=O) groups excluding carboxylic acids is 1. The molecule has 24 heavy (non-hydrogen) atoms. The van der Waals surface area contributed by atoms with Gasteiger partial charge in [0.2, 0.25) is 5.91 Å². The van der Waals surface area contributed by atoms with Crippen LogP contribution < -0.4 is 0 Å². The van der Waals surface area contributed by atoms with Crippen LogP contribution in [-0.2, 0) is 24.8 Å². The zero-order chi connectivity index (χ0) is 17.3. The maximum absolute atomic E-state index is 12.6. The fourth-order valence-corrected chi connectivity index (χ4v) is 3.81. The summed E-state index contributed by atoms with van der Waals surface area (Å²) in [6, 6.07) is 0. The van der Waals surface area contributed by atoms with E-state index < -0.39 is 0 Å². The third-order valence-corrected chi connectivity index (χ3v) is 5.59. The number of aryl methyl sites for hydroxylation is 3. The second-order valence-corrected chi connectivity index (χ2v) is 7.53. The lowest BCUT2D eigenvalue weighted by molar-refractivity contribution is -0.132. The summed E-state index contributed by atoms with van der Waals surface area (Å²) in [5, 5.41) is 7.64. The van der Waals surface area contributed by atoms with Crippen LogP contribution in [0, 0.1) is 20.8 Å². The van der Waals surface area contributed by atoms with Crippen LogP contribution in [0.25, 0.3) is 0 Å². The van der Waals surface area contributed by atoms with E-state index in [-0.39, 0.29) is 5.91 Å². The van der Waals surface area contributed by atoms with Gasteiger partial charge in [-0.05, 0) is 20.8 Å². The number of piperazine rings is 1. The molecule has 0 saturated carbocycles. The number of hydrogen-bond acceptors (Lipinski definition) is 5. The summed E-state index contributed by atoms with van der Waals surface area (Å²) < 4.78 is 1.85. The quantitative estimate of drug-likeness (QED) is 0.845. The second-order valence-electron chi connectivity index (χ2n) is 6.46. The summed E-state index contributed by atoms with van der Waals surface area (Å²) in [4.78, 5) is 21.5. The normalized spacial score (nSPS) is 15.9. The van der Waals surface area contributed by atoms with Crippen molar-refractivity contribution in [1.29, 1.82) is 0 Å². The Morgan fingerprint density at radius 1 is 1.21 bits per heavy atom. The number of nitrogens with zero attached hydrogens (tertiary/aromatic N) is 5. The van der Waals surface area contributed by atoms with Gasteiger partial charge in [-0.15, -0.1) is 11.3 Å². The topological polar surface area (TPSA) is 54.3 Å². The van der Waals surface area contributed by atoms with E-state index in [2.05, 4.69) is 20.4 Å². The number of rotatable bonds is 4. The molecule has 1 aliphatic rings. The molecule has 1 fully saturated rings. The molecular weight excluding hydrogens is 322 g/mol. The molecule has 0 N–H and O–H groups in total. The summed E-state index contributed by atoms with van der Waals surface area (Å²) >= 11 is 1.69. The maximum Gasteiger partial charge on any atom is 0.227 e. The first-order valence-electron chi connectivity index (χ1n) is 8.34. The largest absolute Gasteiger partial charge is 0.340 e. The lowest BCUT2D eigenvalue weighted by Crippen LogP contribution is -2.48. The molecule has 6 nitrogen and oxygen atoms in total. The Hall–Kier alpha value is -1.73. The van der Waals surface area contributed by atoms with Crippen LogP contribution in [0.4, 0.5) is 0 Å². The van der Waals surface area contributed by atoms with Crippen LogP contribution in [-0.4, -0.2) is 56.7 Å². The summed E-state index contributed by atoms with van der Waals surface area (Å²) in [6.45, 7) is 10.3. The van der Waals surface area contributed by atoms with Crippen LogP contribution in [0.1, 0.15) is 27.7 Å². The number of hydrogen-bond donors (Lipinski definition) is 0. The van der Waals surface area contributed by atoms with Crippen molar-refractivity contribution in [3.8, 4) is 0 Å². The molecule has 0 aromatic carbocycles. The number of amides is 1. The highest BCUT2D eigenvalue weighted by Gasteiger charge is 2.23. The number of thiazole rings is 1. The Labute approximate surface area is 147 Å². The smallest absolute Gasteiger partial charge is 0.227 e. The minimum absolute atomic E-state index is 0.207. The van der Waals surface area contributed by atoms with Gasteiger partial charge in [-0.2, -0.15) is 5.10 Å². The van der Waals surface area contributed by atoms with Crippen LogP contribution in [0.2, 0.25) is 0 Å².